The molecule has 0 N–H and O–H groups in total. The largest absolute Gasteiger partial charge is 0.336 e. The van der Waals surface area contributed by atoms with E-state index in [0.29, 0.717) is 12.1 Å². The summed E-state index contributed by atoms with van der Waals surface area (Å²) in [5.74, 6) is -0.617. The highest BCUT2D eigenvalue weighted by Crippen LogP contribution is 2.31. The molecule has 1 amide bonds. The predicted octanol–water partition coefficient (Wildman–Crippen LogP) is 4.52. The van der Waals surface area contributed by atoms with Gasteiger partial charge in [-0.1, -0.05) is 48.5 Å². The first-order chi connectivity index (χ1) is 13.5. The monoisotopic (exact) mass is 379 g/mol. The number of nitrogens with zero attached hydrogens (tertiary/aromatic N) is 3. The van der Waals surface area contributed by atoms with E-state index in [1.54, 1.807) is 23.0 Å². The predicted molar refractivity (Wildman–Crippen MR) is 108 cm³/mol. The Morgan fingerprint density at radius 3 is 2.39 bits per heavy atom. The number of hydrogen-bond donors (Lipinski definition) is 0. The van der Waals surface area contributed by atoms with Gasteiger partial charge in [-0.25, -0.2) is 4.39 Å². The van der Waals surface area contributed by atoms with E-state index < -0.39 is 0 Å². The average molecular weight is 379 g/mol. The van der Waals surface area contributed by atoms with Gasteiger partial charge in [0, 0.05) is 43.7 Å². The fourth-order valence-electron chi connectivity index (χ4n) is 3.45. The molecule has 0 fully saturated rings. The Hall–Kier alpha value is -2.95. The van der Waals surface area contributed by atoms with Crippen molar-refractivity contribution in [2.45, 2.75) is 38.8 Å². The molecule has 5 heteroatoms. The van der Waals surface area contributed by atoms with Crippen molar-refractivity contribution >= 4 is 5.91 Å². The number of carbonyl (C=O) groups is 1. The van der Waals surface area contributed by atoms with Crippen LogP contribution in [0.5, 0.6) is 0 Å². The van der Waals surface area contributed by atoms with Crippen LogP contribution in [0.15, 0.2) is 67.0 Å². The fraction of sp³-hybridized carbons (Fsp3) is 0.304. The summed E-state index contributed by atoms with van der Waals surface area (Å²) in [6, 6.07) is 16.4. The number of carbonyl (C=O) groups excluding carboxylic acids is 1. The van der Waals surface area contributed by atoms with Gasteiger partial charge in [-0.3, -0.25) is 9.48 Å². The highest BCUT2D eigenvalue weighted by atomic mass is 19.1. The number of hydrogen-bond acceptors (Lipinski definition) is 2. The third-order valence-electron chi connectivity index (χ3n) is 4.92. The second-order valence-corrected chi connectivity index (χ2v) is 7.33. The summed E-state index contributed by atoms with van der Waals surface area (Å²) in [6.07, 6.45) is 3.89. The normalized spacial score (nSPS) is 12.2. The Kier molecular flexibility index (Phi) is 6.24. The zero-order valence-corrected chi connectivity index (χ0v) is 16.5. The van der Waals surface area contributed by atoms with Crippen LogP contribution in [0.4, 0.5) is 4.39 Å². The molecule has 3 aromatic rings. The van der Waals surface area contributed by atoms with E-state index in [4.69, 9.17) is 0 Å². The molecule has 4 nitrogen and oxygen atoms in total. The van der Waals surface area contributed by atoms with Gasteiger partial charge in [0.15, 0.2) is 0 Å². The third-order valence-corrected chi connectivity index (χ3v) is 4.92. The molecule has 0 saturated carbocycles. The molecule has 0 bridgehead atoms. The van der Waals surface area contributed by atoms with Crippen LogP contribution in [0.1, 0.15) is 42.9 Å². The van der Waals surface area contributed by atoms with E-state index in [2.05, 4.69) is 5.10 Å². The molecule has 0 unspecified atom stereocenters. The van der Waals surface area contributed by atoms with E-state index in [9.17, 15) is 9.18 Å². The quantitative estimate of drug-likeness (QED) is 0.605. The highest BCUT2D eigenvalue weighted by molar-refractivity contribution is 5.78. The van der Waals surface area contributed by atoms with Crippen molar-refractivity contribution in [3.63, 3.8) is 0 Å². The maximum Gasteiger partial charge on any atom is 0.224 e. The molecule has 0 radical (unpaired) electrons. The van der Waals surface area contributed by atoms with Gasteiger partial charge in [0.2, 0.25) is 5.91 Å². The lowest BCUT2D eigenvalue weighted by Gasteiger charge is -2.29. The fourth-order valence-corrected chi connectivity index (χ4v) is 3.45. The number of halogens is 1. The van der Waals surface area contributed by atoms with Crippen LogP contribution < -0.4 is 0 Å². The van der Waals surface area contributed by atoms with Gasteiger partial charge in [-0.2, -0.15) is 5.10 Å². The first-order valence-electron chi connectivity index (χ1n) is 9.52. The van der Waals surface area contributed by atoms with Crippen molar-refractivity contribution < 1.29 is 9.18 Å². The molecular formula is C23H26FN3O. The number of amides is 1. The third kappa shape index (κ3) is 4.66. The van der Waals surface area contributed by atoms with Gasteiger partial charge in [0.25, 0.3) is 0 Å². The van der Waals surface area contributed by atoms with Gasteiger partial charge in [0.1, 0.15) is 5.82 Å². The molecule has 3 rings (SSSR count). The highest BCUT2D eigenvalue weighted by Gasteiger charge is 2.25. The smallest absolute Gasteiger partial charge is 0.224 e. The van der Waals surface area contributed by atoms with Gasteiger partial charge >= 0.3 is 0 Å². The number of aromatic nitrogens is 2. The Morgan fingerprint density at radius 1 is 1.11 bits per heavy atom. The summed E-state index contributed by atoms with van der Waals surface area (Å²) < 4.78 is 16.3. The Balaban J connectivity index is 1.88. The topological polar surface area (TPSA) is 38.1 Å². The Labute approximate surface area is 165 Å². The Bertz CT molecular complexity index is 920. The number of rotatable bonds is 7. The summed E-state index contributed by atoms with van der Waals surface area (Å²) in [5, 5.41) is 4.19. The summed E-state index contributed by atoms with van der Waals surface area (Å²) in [7, 11) is 1.86. The minimum absolute atomic E-state index is 0.00374. The SMILES string of the molecule is CC(C)N(Cc1cnn(C)c1)C(=O)C[C@@H](c1ccccc1)c1ccccc1F. The van der Waals surface area contributed by atoms with Gasteiger partial charge < -0.3 is 4.90 Å². The first-order valence-corrected chi connectivity index (χ1v) is 9.52. The molecule has 0 aliphatic rings. The van der Waals surface area contributed by atoms with Crippen molar-refractivity contribution in [1.29, 1.82) is 0 Å². The molecule has 0 aliphatic heterocycles. The second kappa shape index (κ2) is 8.83. The van der Waals surface area contributed by atoms with Crippen LogP contribution in [-0.4, -0.2) is 26.6 Å². The minimum atomic E-state index is -0.329. The van der Waals surface area contributed by atoms with Crippen molar-refractivity contribution in [3.05, 3.63) is 89.5 Å². The molecule has 0 spiro atoms. The van der Waals surface area contributed by atoms with Gasteiger partial charge in [-0.15, -0.1) is 0 Å². The van der Waals surface area contributed by atoms with Crippen molar-refractivity contribution in [1.82, 2.24) is 14.7 Å². The maximum atomic E-state index is 14.5. The first kappa shape index (κ1) is 19.8. The molecule has 28 heavy (non-hydrogen) atoms. The number of aryl methyl sites for hydroxylation is 1. The second-order valence-electron chi connectivity index (χ2n) is 7.33. The summed E-state index contributed by atoms with van der Waals surface area (Å²) >= 11 is 0. The molecule has 1 heterocycles. The standard InChI is InChI=1S/C23H26FN3O/c1-17(2)27(16-18-14-25-26(3)15-18)23(28)13-21(19-9-5-4-6-10-19)20-11-7-8-12-22(20)24/h4-12,14-15,17,21H,13,16H2,1-3H3/t21-/m0/s1. The van der Waals surface area contributed by atoms with Crippen LogP contribution in [0, 0.1) is 5.82 Å². The van der Waals surface area contributed by atoms with Crippen LogP contribution in [0.3, 0.4) is 0 Å². The van der Waals surface area contributed by atoms with Crippen LogP contribution in [0.25, 0.3) is 0 Å². The molecule has 2 aromatic carbocycles. The minimum Gasteiger partial charge on any atom is -0.336 e. The molecule has 0 saturated heterocycles. The van der Waals surface area contributed by atoms with Gasteiger partial charge in [-0.05, 0) is 31.0 Å². The lowest BCUT2D eigenvalue weighted by atomic mass is 9.87. The molecule has 1 aromatic heterocycles. The van der Waals surface area contributed by atoms with E-state index in [1.807, 2.05) is 68.4 Å². The number of benzene rings is 2. The zero-order valence-electron chi connectivity index (χ0n) is 16.5. The Morgan fingerprint density at radius 2 is 1.79 bits per heavy atom. The van der Waals surface area contributed by atoms with Gasteiger partial charge in [0.05, 0.1) is 6.20 Å². The molecule has 146 valence electrons. The molecule has 0 aliphatic carbocycles. The van der Waals surface area contributed by atoms with E-state index in [0.717, 1.165) is 11.1 Å². The molecule has 1 atom stereocenters. The van der Waals surface area contributed by atoms with Crippen LogP contribution in [0.2, 0.25) is 0 Å². The summed E-state index contributed by atoms with van der Waals surface area (Å²) in [6.45, 7) is 4.48. The van der Waals surface area contributed by atoms with Crippen molar-refractivity contribution in [3.8, 4) is 0 Å². The van der Waals surface area contributed by atoms with Crippen molar-refractivity contribution in [2.24, 2.45) is 7.05 Å². The zero-order chi connectivity index (χ0) is 20.1. The van der Waals surface area contributed by atoms with E-state index >= 15 is 0 Å². The lowest BCUT2D eigenvalue weighted by Crippen LogP contribution is -2.37. The van der Waals surface area contributed by atoms with Crippen molar-refractivity contribution in [2.75, 3.05) is 0 Å². The maximum absolute atomic E-state index is 14.5. The summed E-state index contributed by atoms with van der Waals surface area (Å²) in [4.78, 5) is 15.1. The summed E-state index contributed by atoms with van der Waals surface area (Å²) in [5.41, 5.74) is 2.46. The van der Waals surface area contributed by atoms with Crippen LogP contribution in [-0.2, 0) is 18.4 Å². The van der Waals surface area contributed by atoms with E-state index in [1.165, 1.54) is 6.07 Å². The molecular weight excluding hydrogens is 353 g/mol. The van der Waals surface area contributed by atoms with Crippen LogP contribution >= 0.6 is 0 Å². The van der Waals surface area contributed by atoms with E-state index in [-0.39, 0.29) is 30.1 Å². The average Bonchev–Trinajstić information content (AvgIpc) is 3.10. The lowest BCUT2D eigenvalue weighted by molar-refractivity contribution is -0.133.